The number of carbonyl (C=O) groups excluding carboxylic acids is 2. The van der Waals surface area contributed by atoms with Crippen LogP contribution in [0.2, 0.25) is 0 Å². The van der Waals surface area contributed by atoms with Crippen LogP contribution in [-0.2, 0) is 19.1 Å². The average Bonchev–Trinajstić information content (AvgIpc) is 2.97. The molecule has 0 aliphatic carbocycles. The lowest BCUT2D eigenvalue weighted by Crippen LogP contribution is -2.25. The Morgan fingerprint density at radius 1 is 0.488 bits per heavy atom. The maximum Gasteiger partial charge on any atom is 0.305 e. The van der Waals surface area contributed by atoms with Crippen molar-refractivity contribution in [1.82, 2.24) is 0 Å². The molecule has 0 spiro atoms. The summed E-state index contributed by atoms with van der Waals surface area (Å²) in [5.41, 5.74) is 0. The Labute approximate surface area is 255 Å². The van der Waals surface area contributed by atoms with Crippen molar-refractivity contribution >= 4 is 11.9 Å². The van der Waals surface area contributed by atoms with Gasteiger partial charge in [0.25, 0.3) is 0 Å². The molecule has 1 N–H and O–H groups in total. The molecule has 5 heteroatoms. The Morgan fingerprint density at radius 2 is 0.756 bits per heavy atom. The molecular weight excluding hydrogens is 512 g/mol. The largest absolute Gasteiger partial charge is 0.463 e. The van der Waals surface area contributed by atoms with E-state index in [0.29, 0.717) is 12.8 Å². The minimum atomic E-state index is -0.956. The molecule has 0 amide bonds. The summed E-state index contributed by atoms with van der Waals surface area (Å²) >= 11 is 0. The highest BCUT2D eigenvalue weighted by atomic mass is 16.6. The summed E-state index contributed by atoms with van der Waals surface area (Å²) in [6.45, 7) is 5.93. The lowest BCUT2D eigenvalue weighted by Gasteiger charge is -2.12. The Morgan fingerprint density at radius 3 is 1.05 bits per heavy atom. The van der Waals surface area contributed by atoms with Gasteiger partial charge in [-0.05, 0) is 12.8 Å². The van der Waals surface area contributed by atoms with Gasteiger partial charge in [0, 0.05) is 12.8 Å². The zero-order valence-electron chi connectivity index (χ0n) is 27.3. The fourth-order valence-corrected chi connectivity index (χ4v) is 5.25. The van der Waals surface area contributed by atoms with Crippen LogP contribution in [0.4, 0.5) is 0 Å². The van der Waals surface area contributed by atoms with Gasteiger partial charge in [0.05, 0.1) is 0 Å². The van der Waals surface area contributed by atoms with Gasteiger partial charge in [-0.25, -0.2) is 0 Å². The number of unbranched alkanes of at least 4 members (excludes halogenated alkanes) is 25. The zero-order chi connectivity index (χ0) is 30.1. The third-order valence-corrected chi connectivity index (χ3v) is 7.99. The summed E-state index contributed by atoms with van der Waals surface area (Å²) in [6, 6.07) is 0. The Balaban J connectivity index is 3.39. The Bertz CT molecular complexity index is 550. The molecule has 0 aliphatic heterocycles. The molecule has 0 saturated carbocycles. The van der Waals surface area contributed by atoms with Gasteiger partial charge in [-0.3, -0.25) is 9.59 Å². The molecule has 0 unspecified atom stereocenters. The second-order valence-electron chi connectivity index (χ2n) is 12.2. The van der Waals surface area contributed by atoms with Gasteiger partial charge in [-0.15, -0.1) is 0 Å². The van der Waals surface area contributed by atoms with Crippen LogP contribution in [0, 0.1) is 6.92 Å². The molecule has 5 nitrogen and oxygen atoms in total. The number of ether oxygens (including phenoxy) is 2. The van der Waals surface area contributed by atoms with Crippen LogP contribution in [0.5, 0.6) is 0 Å². The molecule has 1 atom stereocenters. The summed E-state index contributed by atoms with van der Waals surface area (Å²) in [4.78, 5) is 23.8. The van der Waals surface area contributed by atoms with E-state index >= 15 is 0 Å². The van der Waals surface area contributed by atoms with Crippen LogP contribution in [0.1, 0.15) is 193 Å². The summed E-state index contributed by atoms with van der Waals surface area (Å²) < 4.78 is 10.3. The molecule has 0 radical (unpaired) electrons. The van der Waals surface area contributed by atoms with Gasteiger partial charge >= 0.3 is 11.9 Å². The summed E-state index contributed by atoms with van der Waals surface area (Å²) in [5.74, 6) is -0.561. The monoisotopic (exact) mass is 582 g/mol. The quantitative estimate of drug-likeness (QED) is 0.0474. The summed E-state index contributed by atoms with van der Waals surface area (Å²) in [5, 5.41) is 9.97. The molecule has 41 heavy (non-hydrogen) atoms. The number of hydrogen-bond acceptors (Lipinski definition) is 5. The molecule has 244 valence electrons. The normalized spacial score (nSPS) is 12.0. The third-order valence-electron chi connectivity index (χ3n) is 7.99. The lowest BCUT2D eigenvalue weighted by molar-refractivity contribution is -0.152. The maximum absolute atomic E-state index is 11.9. The van der Waals surface area contributed by atoms with E-state index in [9.17, 15) is 14.7 Å². The first-order chi connectivity index (χ1) is 20.1. The van der Waals surface area contributed by atoms with Gasteiger partial charge in [0.15, 0.2) is 0 Å². The van der Waals surface area contributed by atoms with Gasteiger partial charge in [0.2, 0.25) is 0 Å². The van der Waals surface area contributed by atoms with Crippen LogP contribution < -0.4 is 0 Å². The smallest absolute Gasteiger partial charge is 0.305 e. The molecule has 0 aliphatic rings. The molecule has 0 heterocycles. The van der Waals surface area contributed by atoms with Crippen molar-refractivity contribution < 1.29 is 24.2 Å². The highest BCUT2D eigenvalue weighted by Crippen LogP contribution is 2.15. The predicted molar refractivity (Wildman–Crippen MR) is 173 cm³/mol. The molecule has 0 aromatic heterocycles. The highest BCUT2D eigenvalue weighted by Gasteiger charge is 2.12. The van der Waals surface area contributed by atoms with E-state index in [1.54, 1.807) is 0 Å². The van der Waals surface area contributed by atoms with Crippen molar-refractivity contribution in [3.8, 4) is 0 Å². The molecule has 0 aromatic rings. The topological polar surface area (TPSA) is 72.8 Å². The number of rotatable bonds is 33. The van der Waals surface area contributed by atoms with Crippen molar-refractivity contribution in [2.24, 2.45) is 0 Å². The van der Waals surface area contributed by atoms with Gasteiger partial charge in [-0.1, -0.05) is 161 Å². The number of hydrogen-bond donors (Lipinski definition) is 1. The zero-order valence-corrected chi connectivity index (χ0v) is 27.3. The summed E-state index contributed by atoms with van der Waals surface area (Å²) in [6.07, 6.45) is 33.7. The third kappa shape index (κ3) is 33.3. The fraction of sp³-hybridized carbons (Fsp3) is 0.917. The fourth-order valence-electron chi connectivity index (χ4n) is 5.25. The van der Waals surface area contributed by atoms with Crippen molar-refractivity contribution in [2.45, 2.75) is 199 Å². The number of carbonyl (C=O) groups is 2. The molecule has 0 aromatic carbocycles. The summed E-state index contributed by atoms with van der Waals surface area (Å²) in [7, 11) is 0. The van der Waals surface area contributed by atoms with E-state index in [-0.39, 0.29) is 25.2 Å². The van der Waals surface area contributed by atoms with Crippen LogP contribution in [0.15, 0.2) is 0 Å². The number of aliphatic hydroxyl groups excluding tert-OH is 1. The first-order valence-electron chi connectivity index (χ1n) is 17.9. The highest BCUT2D eigenvalue weighted by molar-refractivity contribution is 5.69. The lowest BCUT2D eigenvalue weighted by atomic mass is 10.0. The van der Waals surface area contributed by atoms with Crippen LogP contribution in [-0.4, -0.2) is 36.4 Å². The molecule has 0 rings (SSSR count). The van der Waals surface area contributed by atoms with E-state index in [4.69, 9.17) is 9.47 Å². The van der Waals surface area contributed by atoms with Gasteiger partial charge < -0.3 is 21.5 Å². The first kappa shape index (κ1) is 39.9. The molecule has 0 fully saturated rings. The van der Waals surface area contributed by atoms with Crippen LogP contribution in [0.25, 0.3) is 0 Å². The second kappa shape index (κ2) is 33.4. The molecular formula is C36H69O5-. The standard InChI is InChI=1S/C36H69O5/c1-3-5-7-9-11-13-15-17-18-19-21-23-25-27-29-31-36(39)41-33-34(37)32-40-35(38)30-28-26-24-22-20-16-14-12-10-8-6-4-2/h34,37H,2-33H2,1H3/q-1/t34-/m1/s1. The van der Waals surface area contributed by atoms with Crippen molar-refractivity contribution in [2.75, 3.05) is 13.2 Å². The minimum Gasteiger partial charge on any atom is -0.463 e. The van der Waals surface area contributed by atoms with E-state index in [1.165, 1.54) is 135 Å². The van der Waals surface area contributed by atoms with Crippen molar-refractivity contribution in [3.63, 3.8) is 0 Å². The van der Waals surface area contributed by atoms with E-state index in [0.717, 1.165) is 38.5 Å². The first-order valence-corrected chi connectivity index (χ1v) is 17.9. The maximum atomic E-state index is 11.9. The SMILES string of the molecule is [CH2-]CCCCCCCCCCCCCC(=O)OC[C@@H](O)COC(=O)CCCCCCCCCCCCCCCCC. The predicted octanol–water partition coefficient (Wildman–Crippen LogP) is 10.6. The minimum absolute atomic E-state index is 0.110. The van der Waals surface area contributed by atoms with Crippen molar-refractivity contribution in [3.05, 3.63) is 6.92 Å². The Hall–Kier alpha value is -1.10. The van der Waals surface area contributed by atoms with Gasteiger partial charge in [-0.2, -0.15) is 6.42 Å². The van der Waals surface area contributed by atoms with E-state index in [1.807, 2.05) is 0 Å². The Kier molecular flexibility index (Phi) is 32.5. The number of esters is 2. The van der Waals surface area contributed by atoms with Crippen LogP contribution in [0.3, 0.4) is 0 Å². The number of aliphatic hydroxyl groups is 1. The average molecular weight is 582 g/mol. The van der Waals surface area contributed by atoms with E-state index in [2.05, 4.69) is 13.8 Å². The van der Waals surface area contributed by atoms with Crippen LogP contribution >= 0.6 is 0 Å². The van der Waals surface area contributed by atoms with E-state index < -0.39 is 6.10 Å². The second-order valence-corrected chi connectivity index (χ2v) is 12.2. The van der Waals surface area contributed by atoms with Crippen molar-refractivity contribution in [1.29, 1.82) is 0 Å². The molecule has 0 bridgehead atoms. The van der Waals surface area contributed by atoms with Gasteiger partial charge in [0.1, 0.15) is 19.3 Å². The molecule has 0 saturated heterocycles.